The van der Waals surface area contributed by atoms with E-state index in [0.717, 1.165) is 0 Å². The predicted molar refractivity (Wildman–Crippen MR) is 62.3 cm³/mol. The molecule has 3 unspecified atom stereocenters. The number of hydrogen-bond donors (Lipinski definition) is 3. The standard InChI is InChI=1S/C12H21NO4/c1-3-8(6-14)13-11(15)9-4-7(2)5-10(9)12(16)17/h7-10,14H,3-6H2,1-2H3,(H,13,15)(H,16,17)/t7?,8-,9?,10?/m0/s1. The molecule has 1 amide bonds. The number of carbonyl (C=O) groups excluding carboxylic acids is 1. The van der Waals surface area contributed by atoms with Gasteiger partial charge in [-0.1, -0.05) is 13.8 Å². The van der Waals surface area contributed by atoms with Gasteiger partial charge in [-0.2, -0.15) is 0 Å². The van der Waals surface area contributed by atoms with Crippen LogP contribution in [0.1, 0.15) is 33.1 Å². The van der Waals surface area contributed by atoms with Crippen molar-refractivity contribution in [1.82, 2.24) is 5.32 Å². The van der Waals surface area contributed by atoms with Crippen molar-refractivity contribution in [3.05, 3.63) is 0 Å². The van der Waals surface area contributed by atoms with Crippen LogP contribution in [-0.2, 0) is 9.59 Å². The van der Waals surface area contributed by atoms with Gasteiger partial charge < -0.3 is 15.5 Å². The molecule has 3 N–H and O–H groups in total. The van der Waals surface area contributed by atoms with E-state index in [9.17, 15) is 9.59 Å². The molecule has 0 spiro atoms. The number of rotatable bonds is 5. The van der Waals surface area contributed by atoms with Gasteiger partial charge in [-0.3, -0.25) is 9.59 Å². The molecule has 0 aliphatic heterocycles. The van der Waals surface area contributed by atoms with Crippen LogP contribution in [0, 0.1) is 17.8 Å². The Morgan fingerprint density at radius 2 is 1.94 bits per heavy atom. The van der Waals surface area contributed by atoms with Gasteiger partial charge >= 0.3 is 5.97 Å². The Bertz CT molecular complexity index is 288. The van der Waals surface area contributed by atoms with Crippen LogP contribution in [0.4, 0.5) is 0 Å². The summed E-state index contributed by atoms with van der Waals surface area (Å²) in [4.78, 5) is 23.0. The molecule has 0 aromatic rings. The molecular weight excluding hydrogens is 222 g/mol. The monoisotopic (exact) mass is 243 g/mol. The van der Waals surface area contributed by atoms with Crippen LogP contribution in [0.15, 0.2) is 0 Å². The van der Waals surface area contributed by atoms with E-state index >= 15 is 0 Å². The van der Waals surface area contributed by atoms with E-state index in [0.29, 0.717) is 19.3 Å². The summed E-state index contributed by atoms with van der Waals surface area (Å²) in [7, 11) is 0. The van der Waals surface area contributed by atoms with Crippen molar-refractivity contribution in [2.45, 2.75) is 39.2 Å². The first-order chi connectivity index (χ1) is 7.99. The van der Waals surface area contributed by atoms with E-state index < -0.39 is 17.8 Å². The summed E-state index contributed by atoms with van der Waals surface area (Å²) >= 11 is 0. The largest absolute Gasteiger partial charge is 0.481 e. The van der Waals surface area contributed by atoms with E-state index in [-0.39, 0.29) is 24.5 Å². The normalized spacial score (nSPS) is 29.9. The molecule has 5 heteroatoms. The van der Waals surface area contributed by atoms with Gasteiger partial charge in [-0.15, -0.1) is 0 Å². The molecule has 17 heavy (non-hydrogen) atoms. The number of carboxylic acid groups (broad SMARTS) is 1. The summed E-state index contributed by atoms with van der Waals surface area (Å²) in [5, 5.41) is 20.8. The third kappa shape index (κ3) is 3.43. The zero-order valence-electron chi connectivity index (χ0n) is 10.3. The molecule has 0 aromatic heterocycles. The minimum atomic E-state index is -0.897. The summed E-state index contributed by atoms with van der Waals surface area (Å²) in [6.07, 6.45) is 1.82. The van der Waals surface area contributed by atoms with E-state index in [1.54, 1.807) is 0 Å². The molecule has 0 bridgehead atoms. The highest BCUT2D eigenvalue weighted by molar-refractivity contribution is 5.85. The Morgan fingerprint density at radius 1 is 1.35 bits per heavy atom. The summed E-state index contributed by atoms with van der Waals surface area (Å²) in [6.45, 7) is 3.72. The average Bonchev–Trinajstić information content (AvgIpc) is 2.68. The summed E-state index contributed by atoms with van der Waals surface area (Å²) in [5.41, 5.74) is 0. The molecular formula is C12H21NO4. The van der Waals surface area contributed by atoms with Crippen molar-refractivity contribution < 1.29 is 19.8 Å². The zero-order valence-corrected chi connectivity index (χ0v) is 10.3. The van der Waals surface area contributed by atoms with Gasteiger partial charge in [-0.05, 0) is 25.2 Å². The summed E-state index contributed by atoms with van der Waals surface area (Å²) in [5.74, 6) is -1.90. The number of hydrogen-bond acceptors (Lipinski definition) is 3. The van der Waals surface area contributed by atoms with Gasteiger partial charge in [0.25, 0.3) is 0 Å². The first-order valence-electron chi connectivity index (χ1n) is 6.13. The van der Waals surface area contributed by atoms with Crippen LogP contribution in [0.2, 0.25) is 0 Å². The smallest absolute Gasteiger partial charge is 0.307 e. The minimum absolute atomic E-state index is 0.109. The Hall–Kier alpha value is -1.10. The topological polar surface area (TPSA) is 86.6 Å². The molecule has 0 heterocycles. The highest BCUT2D eigenvalue weighted by Gasteiger charge is 2.41. The van der Waals surface area contributed by atoms with Gasteiger partial charge in [0, 0.05) is 0 Å². The van der Waals surface area contributed by atoms with Crippen molar-refractivity contribution >= 4 is 11.9 Å². The zero-order chi connectivity index (χ0) is 13.0. The highest BCUT2D eigenvalue weighted by atomic mass is 16.4. The number of nitrogens with one attached hydrogen (secondary N) is 1. The summed E-state index contributed by atoms with van der Waals surface area (Å²) < 4.78 is 0. The lowest BCUT2D eigenvalue weighted by atomic mass is 9.95. The fraction of sp³-hybridized carbons (Fsp3) is 0.833. The molecule has 1 rings (SSSR count). The van der Waals surface area contributed by atoms with Crippen LogP contribution < -0.4 is 5.32 Å². The van der Waals surface area contributed by atoms with Crippen molar-refractivity contribution in [3.63, 3.8) is 0 Å². The molecule has 4 atom stereocenters. The maximum atomic E-state index is 11.9. The Balaban J connectivity index is 2.64. The Kier molecular flexibility index (Phi) is 4.93. The van der Waals surface area contributed by atoms with Crippen molar-refractivity contribution in [2.75, 3.05) is 6.61 Å². The number of carboxylic acids is 1. The van der Waals surface area contributed by atoms with Crippen molar-refractivity contribution in [1.29, 1.82) is 0 Å². The minimum Gasteiger partial charge on any atom is -0.481 e. The maximum Gasteiger partial charge on any atom is 0.307 e. The molecule has 0 saturated heterocycles. The first kappa shape index (κ1) is 14.0. The van der Waals surface area contributed by atoms with Crippen LogP contribution in [-0.4, -0.2) is 34.7 Å². The van der Waals surface area contributed by atoms with E-state index in [1.807, 2.05) is 13.8 Å². The number of aliphatic hydroxyl groups excluding tert-OH is 1. The molecule has 1 aliphatic carbocycles. The average molecular weight is 243 g/mol. The SMILES string of the molecule is CC[C@@H](CO)NC(=O)C1CC(C)CC1C(=O)O. The van der Waals surface area contributed by atoms with Crippen LogP contribution in [0.3, 0.4) is 0 Å². The lowest BCUT2D eigenvalue weighted by molar-refractivity contribution is -0.146. The molecule has 1 aliphatic rings. The fourth-order valence-electron chi connectivity index (χ4n) is 2.44. The Morgan fingerprint density at radius 3 is 2.41 bits per heavy atom. The molecule has 1 saturated carbocycles. The van der Waals surface area contributed by atoms with Gasteiger partial charge in [0.15, 0.2) is 0 Å². The van der Waals surface area contributed by atoms with Crippen LogP contribution >= 0.6 is 0 Å². The predicted octanol–water partition coefficient (Wildman–Crippen LogP) is 0.620. The van der Waals surface area contributed by atoms with Gasteiger partial charge in [0.05, 0.1) is 24.5 Å². The van der Waals surface area contributed by atoms with Crippen LogP contribution in [0.25, 0.3) is 0 Å². The second-order valence-electron chi connectivity index (χ2n) is 4.92. The fourth-order valence-corrected chi connectivity index (χ4v) is 2.44. The van der Waals surface area contributed by atoms with Gasteiger partial charge in [0.2, 0.25) is 5.91 Å². The lowest BCUT2D eigenvalue weighted by Crippen LogP contribution is -2.42. The van der Waals surface area contributed by atoms with E-state index in [1.165, 1.54) is 0 Å². The quantitative estimate of drug-likeness (QED) is 0.660. The van der Waals surface area contributed by atoms with Gasteiger partial charge in [-0.25, -0.2) is 0 Å². The maximum absolute atomic E-state index is 11.9. The van der Waals surface area contributed by atoms with E-state index in [4.69, 9.17) is 10.2 Å². The van der Waals surface area contributed by atoms with Gasteiger partial charge in [0.1, 0.15) is 0 Å². The molecule has 0 radical (unpaired) electrons. The van der Waals surface area contributed by atoms with Crippen molar-refractivity contribution in [3.8, 4) is 0 Å². The second-order valence-corrected chi connectivity index (χ2v) is 4.92. The van der Waals surface area contributed by atoms with Crippen molar-refractivity contribution in [2.24, 2.45) is 17.8 Å². The van der Waals surface area contributed by atoms with Crippen LogP contribution in [0.5, 0.6) is 0 Å². The summed E-state index contributed by atoms with van der Waals surface area (Å²) in [6, 6.07) is -0.271. The molecule has 5 nitrogen and oxygen atoms in total. The molecule has 1 fully saturated rings. The second kappa shape index (κ2) is 6.00. The molecule has 98 valence electrons. The first-order valence-corrected chi connectivity index (χ1v) is 6.13. The van der Waals surface area contributed by atoms with E-state index in [2.05, 4.69) is 5.32 Å². The number of aliphatic carboxylic acids is 1. The third-order valence-corrected chi connectivity index (χ3v) is 3.51. The lowest BCUT2D eigenvalue weighted by Gasteiger charge is -2.20. The number of amides is 1. The molecule has 0 aromatic carbocycles. The third-order valence-electron chi connectivity index (χ3n) is 3.51. The highest BCUT2D eigenvalue weighted by Crippen LogP contribution is 2.36. The number of carbonyl (C=O) groups is 2. The number of aliphatic hydroxyl groups is 1. The Labute approximate surface area is 101 Å².